The van der Waals surface area contributed by atoms with Crippen molar-refractivity contribution in [1.82, 2.24) is 24.8 Å². The Morgan fingerprint density at radius 1 is 1.14 bits per heavy atom. The normalized spacial score (nSPS) is 14.9. The smallest absolute Gasteiger partial charge is 0.227 e. The second kappa shape index (κ2) is 11.1. The second-order valence-electron chi connectivity index (χ2n) is 9.93. The van der Waals surface area contributed by atoms with Gasteiger partial charge in [-0.15, -0.1) is 0 Å². The predicted molar refractivity (Wildman–Crippen MR) is 142 cm³/mol. The van der Waals surface area contributed by atoms with Gasteiger partial charge in [0.05, 0.1) is 5.52 Å². The number of benzene rings is 1. The Morgan fingerprint density at radius 3 is 2.57 bits per heavy atom. The van der Waals surface area contributed by atoms with Gasteiger partial charge in [-0.3, -0.25) is 14.7 Å². The fraction of sp³-hybridized carbons (Fsp3) is 0.481. The van der Waals surface area contributed by atoms with Crippen LogP contribution in [-0.2, 0) is 13.1 Å². The van der Waals surface area contributed by atoms with Crippen molar-refractivity contribution in [2.45, 2.75) is 51.9 Å². The Kier molecular flexibility index (Phi) is 7.93. The quantitative estimate of drug-likeness (QED) is 0.468. The van der Waals surface area contributed by atoms with Gasteiger partial charge in [-0.25, -0.2) is 4.98 Å². The van der Waals surface area contributed by atoms with Gasteiger partial charge in [0, 0.05) is 55.4 Å². The van der Waals surface area contributed by atoms with Crippen LogP contribution in [0.1, 0.15) is 48.3 Å². The summed E-state index contributed by atoms with van der Waals surface area (Å²) in [5.74, 6) is 1.34. The molecular formula is C27H37N7O. The summed E-state index contributed by atoms with van der Waals surface area (Å²) in [4.78, 5) is 33.1. The lowest BCUT2D eigenvalue weighted by Crippen LogP contribution is -2.42. The topological polar surface area (TPSA) is 77.5 Å². The van der Waals surface area contributed by atoms with Crippen molar-refractivity contribution in [2.24, 2.45) is 0 Å². The minimum absolute atomic E-state index is 0.330. The number of nitrogens with zero attached hydrogens (tertiary/aromatic N) is 6. The van der Waals surface area contributed by atoms with E-state index in [1.165, 1.54) is 0 Å². The van der Waals surface area contributed by atoms with Gasteiger partial charge in [0.1, 0.15) is 11.5 Å². The van der Waals surface area contributed by atoms with Gasteiger partial charge in [0.2, 0.25) is 5.95 Å². The van der Waals surface area contributed by atoms with Crippen molar-refractivity contribution >= 4 is 29.0 Å². The first-order valence-corrected chi connectivity index (χ1v) is 12.4. The van der Waals surface area contributed by atoms with E-state index in [4.69, 9.17) is 9.97 Å². The Labute approximate surface area is 208 Å². The molecule has 1 aliphatic rings. The molecule has 8 nitrogen and oxygen atoms in total. The van der Waals surface area contributed by atoms with Gasteiger partial charge in [-0.1, -0.05) is 18.2 Å². The standard InChI is InChI=1S/C27H37N7O/c1-19(2)33(5)17-23-25(18-35)30-27(34-12-10-22(11-13-34)32(3)4)31-26(23)29-16-20-14-21-8-6-7-9-24(21)28-15-20/h6-9,14-15,18-19,22H,10-13,16-17H2,1-5H3,(H,29,30,31). The molecule has 0 spiro atoms. The van der Waals surface area contributed by atoms with E-state index in [1.54, 1.807) is 0 Å². The van der Waals surface area contributed by atoms with E-state index in [1.807, 2.05) is 24.4 Å². The van der Waals surface area contributed by atoms with Crippen LogP contribution in [0.25, 0.3) is 10.9 Å². The zero-order valence-electron chi connectivity index (χ0n) is 21.5. The molecule has 0 aliphatic carbocycles. The van der Waals surface area contributed by atoms with E-state index in [0.717, 1.165) is 54.2 Å². The molecule has 35 heavy (non-hydrogen) atoms. The van der Waals surface area contributed by atoms with Crippen LogP contribution in [0.4, 0.5) is 11.8 Å². The van der Waals surface area contributed by atoms with Gasteiger partial charge >= 0.3 is 0 Å². The first-order chi connectivity index (χ1) is 16.9. The van der Waals surface area contributed by atoms with E-state index in [0.29, 0.717) is 42.6 Å². The van der Waals surface area contributed by atoms with Crippen molar-refractivity contribution in [1.29, 1.82) is 0 Å². The lowest BCUT2D eigenvalue weighted by Gasteiger charge is -2.35. The van der Waals surface area contributed by atoms with E-state index in [2.05, 4.69) is 72.1 Å². The molecule has 1 N–H and O–H groups in total. The molecule has 2 aromatic heterocycles. The van der Waals surface area contributed by atoms with E-state index < -0.39 is 0 Å². The summed E-state index contributed by atoms with van der Waals surface area (Å²) in [6, 6.07) is 11.1. The third kappa shape index (κ3) is 5.94. The fourth-order valence-electron chi connectivity index (χ4n) is 4.44. The molecule has 3 heterocycles. The van der Waals surface area contributed by atoms with Crippen LogP contribution < -0.4 is 10.2 Å². The molecule has 0 radical (unpaired) electrons. The van der Waals surface area contributed by atoms with Crippen LogP contribution >= 0.6 is 0 Å². The van der Waals surface area contributed by atoms with E-state index in [9.17, 15) is 4.79 Å². The fourth-order valence-corrected chi connectivity index (χ4v) is 4.44. The van der Waals surface area contributed by atoms with E-state index in [-0.39, 0.29) is 0 Å². The highest BCUT2D eigenvalue weighted by Crippen LogP contribution is 2.26. The van der Waals surface area contributed by atoms with Crippen molar-refractivity contribution in [3.05, 3.63) is 53.3 Å². The number of hydrogen-bond acceptors (Lipinski definition) is 8. The number of nitrogens with one attached hydrogen (secondary N) is 1. The van der Waals surface area contributed by atoms with Crippen molar-refractivity contribution < 1.29 is 4.79 Å². The number of anilines is 2. The third-order valence-corrected chi connectivity index (χ3v) is 7.01. The lowest BCUT2D eigenvalue weighted by molar-refractivity contribution is 0.111. The minimum atomic E-state index is 0.330. The Bertz CT molecular complexity index is 1160. The number of rotatable bonds is 9. The molecule has 1 fully saturated rings. The largest absolute Gasteiger partial charge is 0.365 e. The summed E-state index contributed by atoms with van der Waals surface area (Å²) in [7, 11) is 6.31. The van der Waals surface area contributed by atoms with Crippen molar-refractivity contribution in [3.8, 4) is 0 Å². The van der Waals surface area contributed by atoms with Crippen molar-refractivity contribution in [2.75, 3.05) is 44.4 Å². The maximum atomic E-state index is 12.2. The third-order valence-electron chi connectivity index (χ3n) is 7.01. The summed E-state index contributed by atoms with van der Waals surface area (Å²) in [6.07, 6.45) is 4.86. The van der Waals surface area contributed by atoms with Gasteiger partial charge in [0.25, 0.3) is 0 Å². The van der Waals surface area contributed by atoms with Crippen LogP contribution in [0, 0.1) is 0 Å². The second-order valence-corrected chi connectivity index (χ2v) is 9.93. The predicted octanol–water partition coefficient (Wildman–Crippen LogP) is 3.82. The molecule has 0 atom stereocenters. The number of piperidine rings is 1. The highest BCUT2D eigenvalue weighted by molar-refractivity contribution is 5.79. The highest BCUT2D eigenvalue weighted by Gasteiger charge is 2.25. The van der Waals surface area contributed by atoms with Gasteiger partial charge in [-0.2, -0.15) is 4.98 Å². The maximum Gasteiger partial charge on any atom is 0.227 e. The van der Waals surface area contributed by atoms with Crippen LogP contribution in [0.15, 0.2) is 36.5 Å². The summed E-state index contributed by atoms with van der Waals surface area (Å²) >= 11 is 0. The van der Waals surface area contributed by atoms with E-state index >= 15 is 0 Å². The maximum absolute atomic E-state index is 12.2. The first-order valence-electron chi connectivity index (χ1n) is 12.4. The van der Waals surface area contributed by atoms with Crippen LogP contribution in [0.2, 0.25) is 0 Å². The number of fused-ring (bicyclic) bond motifs is 1. The summed E-state index contributed by atoms with van der Waals surface area (Å²) in [5.41, 5.74) is 3.32. The molecule has 1 aliphatic heterocycles. The summed E-state index contributed by atoms with van der Waals surface area (Å²) in [5, 5.41) is 4.61. The Morgan fingerprint density at radius 2 is 1.89 bits per heavy atom. The van der Waals surface area contributed by atoms with Gasteiger partial charge < -0.3 is 15.1 Å². The molecule has 1 aromatic carbocycles. The minimum Gasteiger partial charge on any atom is -0.365 e. The van der Waals surface area contributed by atoms with Crippen LogP contribution in [-0.4, -0.2) is 77.4 Å². The molecule has 0 unspecified atom stereocenters. The number of hydrogen-bond donors (Lipinski definition) is 1. The molecule has 1 saturated heterocycles. The average Bonchev–Trinajstić information content (AvgIpc) is 2.87. The van der Waals surface area contributed by atoms with Gasteiger partial charge in [-0.05, 0) is 65.5 Å². The van der Waals surface area contributed by atoms with Crippen LogP contribution in [0.3, 0.4) is 0 Å². The average molecular weight is 476 g/mol. The first kappa shape index (κ1) is 25.0. The lowest BCUT2D eigenvalue weighted by atomic mass is 10.0. The SMILES string of the molecule is CC(C)N(C)Cc1c(C=O)nc(N2CCC(N(C)C)CC2)nc1NCc1cnc2ccccc2c1. The number of carbonyl (C=O) groups is 1. The zero-order chi connectivity index (χ0) is 24.9. The number of para-hydroxylation sites is 1. The highest BCUT2D eigenvalue weighted by atomic mass is 16.1. The number of aromatic nitrogens is 3. The molecule has 0 saturated carbocycles. The summed E-state index contributed by atoms with van der Waals surface area (Å²) < 4.78 is 0. The molecule has 4 rings (SSSR count). The molecule has 186 valence electrons. The number of carbonyl (C=O) groups excluding carboxylic acids is 1. The monoisotopic (exact) mass is 475 g/mol. The summed E-state index contributed by atoms with van der Waals surface area (Å²) in [6.45, 7) is 7.18. The number of aldehydes is 1. The molecule has 0 bridgehead atoms. The molecular weight excluding hydrogens is 438 g/mol. The number of pyridine rings is 1. The van der Waals surface area contributed by atoms with Gasteiger partial charge in [0.15, 0.2) is 6.29 Å². The molecule has 3 aromatic rings. The van der Waals surface area contributed by atoms with Crippen LogP contribution in [0.5, 0.6) is 0 Å². The molecule has 0 amide bonds. The Hall–Kier alpha value is -3.10. The zero-order valence-corrected chi connectivity index (χ0v) is 21.5. The Balaban J connectivity index is 1.63. The van der Waals surface area contributed by atoms with Crippen molar-refractivity contribution in [3.63, 3.8) is 0 Å². The molecule has 8 heteroatoms.